The van der Waals surface area contributed by atoms with Crippen molar-refractivity contribution in [2.24, 2.45) is 5.73 Å². The van der Waals surface area contributed by atoms with Gasteiger partial charge in [0.05, 0.1) is 18.6 Å². The number of benzene rings is 2. The van der Waals surface area contributed by atoms with Crippen LogP contribution in [0.25, 0.3) is 0 Å². The minimum Gasteiger partial charge on any atom is -0.454 e. The summed E-state index contributed by atoms with van der Waals surface area (Å²) < 4.78 is 24.9. The summed E-state index contributed by atoms with van der Waals surface area (Å²) in [6, 6.07) is 13.3. The van der Waals surface area contributed by atoms with E-state index in [2.05, 4.69) is 5.32 Å². The van der Waals surface area contributed by atoms with E-state index in [0.717, 1.165) is 0 Å². The SMILES string of the molecule is COC(CN)CC(=O)NC(C)c1ccc(Oc2ccccc2)c(F)c1. The summed E-state index contributed by atoms with van der Waals surface area (Å²) in [5.41, 5.74) is 6.15. The zero-order valence-corrected chi connectivity index (χ0v) is 14.4. The molecule has 134 valence electrons. The molecule has 0 saturated heterocycles. The van der Waals surface area contributed by atoms with Gasteiger partial charge >= 0.3 is 0 Å². The van der Waals surface area contributed by atoms with Crippen LogP contribution in [0.3, 0.4) is 0 Å². The Morgan fingerprint density at radius 1 is 1.24 bits per heavy atom. The van der Waals surface area contributed by atoms with Crippen molar-refractivity contribution in [3.63, 3.8) is 0 Å². The Balaban J connectivity index is 2.00. The minimum absolute atomic E-state index is 0.135. The predicted molar refractivity (Wildman–Crippen MR) is 93.9 cm³/mol. The molecule has 0 heterocycles. The molecule has 0 radical (unpaired) electrons. The van der Waals surface area contributed by atoms with Gasteiger partial charge in [0.1, 0.15) is 5.75 Å². The molecule has 2 rings (SSSR count). The van der Waals surface area contributed by atoms with Gasteiger partial charge in [0.15, 0.2) is 11.6 Å². The monoisotopic (exact) mass is 346 g/mol. The highest BCUT2D eigenvalue weighted by Crippen LogP contribution is 2.26. The Hall–Kier alpha value is -2.44. The second-order valence-corrected chi connectivity index (χ2v) is 5.69. The van der Waals surface area contributed by atoms with Gasteiger partial charge < -0.3 is 20.5 Å². The molecule has 1 amide bonds. The fourth-order valence-electron chi connectivity index (χ4n) is 2.34. The van der Waals surface area contributed by atoms with Crippen molar-refractivity contribution in [1.82, 2.24) is 5.32 Å². The van der Waals surface area contributed by atoms with E-state index in [9.17, 15) is 9.18 Å². The molecule has 5 nitrogen and oxygen atoms in total. The lowest BCUT2D eigenvalue weighted by atomic mass is 10.1. The molecule has 2 aromatic carbocycles. The van der Waals surface area contributed by atoms with Gasteiger partial charge in [-0.2, -0.15) is 0 Å². The van der Waals surface area contributed by atoms with E-state index in [-0.39, 0.29) is 36.8 Å². The topological polar surface area (TPSA) is 73.6 Å². The average Bonchev–Trinajstić information content (AvgIpc) is 2.62. The van der Waals surface area contributed by atoms with Crippen LogP contribution in [0, 0.1) is 5.82 Å². The number of amides is 1. The summed E-state index contributed by atoms with van der Waals surface area (Å²) >= 11 is 0. The van der Waals surface area contributed by atoms with Crippen molar-refractivity contribution in [3.8, 4) is 11.5 Å². The first kappa shape index (κ1) is 18.9. The number of carbonyl (C=O) groups is 1. The maximum Gasteiger partial charge on any atom is 0.223 e. The van der Waals surface area contributed by atoms with Crippen molar-refractivity contribution in [2.75, 3.05) is 13.7 Å². The molecule has 0 aliphatic heterocycles. The lowest BCUT2D eigenvalue weighted by molar-refractivity contribution is -0.124. The molecule has 6 heteroatoms. The first-order valence-electron chi connectivity index (χ1n) is 8.08. The maximum atomic E-state index is 14.3. The van der Waals surface area contributed by atoms with Gasteiger partial charge in [-0.1, -0.05) is 24.3 Å². The predicted octanol–water partition coefficient (Wildman–Crippen LogP) is 3.16. The van der Waals surface area contributed by atoms with Crippen LogP contribution in [0.15, 0.2) is 48.5 Å². The molecule has 2 aromatic rings. The molecule has 0 aliphatic carbocycles. The van der Waals surface area contributed by atoms with Crippen molar-refractivity contribution in [2.45, 2.75) is 25.5 Å². The Morgan fingerprint density at radius 3 is 2.56 bits per heavy atom. The maximum absolute atomic E-state index is 14.3. The van der Waals surface area contributed by atoms with Crippen molar-refractivity contribution < 1.29 is 18.7 Å². The van der Waals surface area contributed by atoms with Crippen molar-refractivity contribution >= 4 is 5.91 Å². The molecule has 2 unspecified atom stereocenters. The highest BCUT2D eigenvalue weighted by molar-refractivity contribution is 5.77. The van der Waals surface area contributed by atoms with Gasteiger partial charge in [0, 0.05) is 13.7 Å². The lowest BCUT2D eigenvalue weighted by Crippen LogP contribution is -2.33. The van der Waals surface area contributed by atoms with E-state index >= 15 is 0 Å². The fourth-order valence-corrected chi connectivity index (χ4v) is 2.34. The van der Waals surface area contributed by atoms with E-state index in [1.807, 2.05) is 18.2 Å². The van der Waals surface area contributed by atoms with Crippen LogP contribution in [0.4, 0.5) is 4.39 Å². The zero-order valence-electron chi connectivity index (χ0n) is 14.4. The van der Waals surface area contributed by atoms with E-state index in [4.69, 9.17) is 15.2 Å². The van der Waals surface area contributed by atoms with Gasteiger partial charge in [0.2, 0.25) is 5.91 Å². The number of hydrogen-bond donors (Lipinski definition) is 2. The van der Waals surface area contributed by atoms with Crippen LogP contribution in [-0.2, 0) is 9.53 Å². The van der Waals surface area contributed by atoms with Crippen LogP contribution in [0.5, 0.6) is 11.5 Å². The third-order valence-electron chi connectivity index (χ3n) is 3.81. The quantitative estimate of drug-likeness (QED) is 0.770. The molecule has 3 N–H and O–H groups in total. The molecule has 0 spiro atoms. The molecule has 25 heavy (non-hydrogen) atoms. The Labute approximate surface area is 146 Å². The third-order valence-corrected chi connectivity index (χ3v) is 3.81. The summed E-state index contributed by atoms with van der Waals surface area (Å²) in [6.45, 7) is 2.05. The molecule has 2 atom stereocenters. The van der Waals surface area contributed by atoms with Crippen molar-refractivity contribution in [1.29, 1.82) is 0 Å². The summed E-state index contributed by atoms with van der Waals surface area (Å²) in [5, 5.41) is 2.81. The Kier molecular flexibility index (Phi) is 6.91. The standard InChI is InChI=1S/C19H23FN2O3/c1-13(22-19(23)11-16(12-21)24-2)14-8-9-18(17(20)10-14)25-15-6-4-3-5-7-15/h3-10,13,16H,11-12,21H2,1-2H3,(H,22,23). The number of nitrogens with one attached hydrogen (secondary N) is 1. The number of ether oxygens (including phenoxy) is 2. The van der Waals surface area contributed by atoms with Crippen LogP contribution >= 0.6 is 0 Å². The molecular weight excluding hydrogens is 323 g/mol. The van der Waals surface area contributed by atoms with E-state index < -0.39 is 5.82 Å². The second-order valence-electron chi connectivity index (χ2n) is 5.69. The van der Waals surface area contributed by atoms with E-state index in [1.165, 1.54) is 13.2 Å². The number of halogens is 1. The van der Waals surface area contributed by atoms with Gasteiger partial charge in [0.25, 0.3) is 0 Å². The molecule has 0 aliphatic rings. The van der Waals surface area contributed by atoms with Crippen LogP contribution in [-0.4, -0.2) is 25.7 Å². The number of hydrogen-bond acceptors (Lipinski definition) is 4. The molecule has 0 saturated carbocycles. The number of rotatable bonds is 8. The van der Waals surface area contributed by atoms with Crippen LogP contribution < -0.4 is 15.8 Å². The third kappa shape index (κ3) is 5.55. The number of para-hydroxylation sites is 1. The summed E-state index contributed by atoms with van der Waals surface area (Å²) in [4.78, 5) is 12.0. The van der Waals surface area contributed by atoms with Gasteiger partial charge in [-0.05, 0) is 36.8 Å². The van der Waals surface area contributed by atoms with Gasteiger partial charge in [-0.3, -0.25) is 4.79 Å². The smallest absolute Gasteiger partial charge is 0.223 e. The Bertz CT molecular complexity index is 690. The van der Waals surface area contributed by atoms with Crippen LogP contribution in [0.2, 0.25) is 0 Å². The number of methoxy groups -OCH3 is 1. The van der Waals surface area contributed by atoms with Gasteiger partial charge in [-0.15, -0.1) is 0 Å². The highest BCUT2D eigenvalue weighted by atomic mass is 19.1. The van der Waals surface area contributed by atoms with Crippen LogP contribution in [0.1, 0.15) is 24.9 Å². The summed E-state index contributed by atoms with van der Waals surface area (Å²) in [6.07, 6.45) is -0.166. The zero-order chi connectivity index (χ0) is 18.2. The van der Waals surface area contributed by atoms with Gasteiger partial charge in [-0.25, -0.2) is 4.39 Å². The normalized spacial score (nSPS) is 13.1. The summed E-state index contributed by atoms with van der Waals surface area (Å²) in [7, 11) is 1.51. The molecular formula is C19H23FN2O3. The average molecular weight is 346 g/mol. The molecule has 0 aromatic heterocycles. The van der Waals surface area contributed by atoms with E-state index in [1.54, 1.807) is 31.2 Å². The second kappa shape index (κ2) is 9.15. The molecule has 0 bridgehead atoms. The number of carbonyl (C=O) groups excluding carboxylic acids is 1. The Morgan fingerprint density at radius 2 is 1.96 bits per heavy atom. The lowest BCUT2D eigenvalue weighted by Gasteiger charge is -2.18. The fraction of sp³-hybridized carbons (Fsp3) is 0.316. The minimum atomic E-state index is -0.487. The van der Waals surface area contributed by atoms with E-state index in [0.29, 0.717) is 11.3 Å². The first-order valence-corrected chi connectivity index (χ1v) is 8.08. The largest absolute Gasteiger partial charge is 0.454 e. The summed E-state index contributed by atoms with van der Waals surface area (Å²) in [5.74, 6) is 0.00736. The number of nitrogens with two attached hydrogens (primary N) is 1. The molecule has 0 fully saturated rings. The van der Waals surface area contributed by atoms with Crippen molar-refractivity contribution in [3.05, 3.63) is 59.9 Å². The highest BCUT2D eigenvalue weighted by Gasteiger charge is 2.16. The first-order chi connectivity index (χ1) is 12.0.